The molecule has 0 aliphatic heterocycles. The zero-order chi connectivity index (χ0) is 22.3. The smallest absolute Gasteiger partial charge is 0.277 e. The number of rotatable bonds is 7. The molecule has 0 spiro atoms. The summed E-state index contributed by atoms with van der Waals surface area (Å²) >= 11 is 1.46. The first-order chi connectivity index (χ1) is 15.7. The van der Waals surface area contributed by atoms with Crippen molar-refractivity contribution < 1.29 is 14.3 Å². The summed E-state index contributed by atoms with van der Waals surface area (Å²) < 4.78 is 5.28. The Morgan fingerprint density at radius 2 is 1.84 bits per heavy atom. The second kappa shape index (κ2) is 10.4. The van der Waals surface area contributed by atoms with Crippen LogP contribution in [0.25, 0.3) is 0 Å². The van der Waals surface area contributed by atoms with Gasteiger partial charge in [-0.3, -0.25) is 19.5 Å². The van der Waals surface area contributed by atoms with Gasteiger partial charge in [-0.05, 0) is 60.7 Å². The first-order valence-corrected chi connectivity index (χ1v) is 11.8. The van der Waals surface area contributed by atoms with Gasteiger partial charge in [-0.25, -0.2) is 0 Å². The monoisotopic (exact) mass is 449 g/mol. The Bertz CT molecular complexity index is 1020. The van der Waals surface area contributed by atoms with Gasteiger partial charge in [0, 0.05) is 22.8 Å². The van der Waals surface area contributed by atoms with Crippen LogP contribution < -0.4 is 15.0 Å². The molecule has 1 N–H and O–H groups in total. The number of hydrogen-bond donors (Lipinski definition) is 1. The van der Waals surface area contributed by atoms with Crippen LogP contribution in [0.5, 0.6) is 5.75 Å². The minimum Gasteiger partial charge on any atom is -0.497 e. The Labute approximate surface area is 192 Å². The lowest BCUT2D eigenvalue weighted by atomic mass is 9.95. The number of aromatic nitrogens is 1. The molecule has 0 radical (unpaired) electrons. The summed E-state index contributed by atoms with van der Waals surface area (Å²) in [7, 11) is 1.60. The molecule has 1 atom stereocenters. The van der Waals surface area contributed by atoms with Crippen molar-refractivity contribution in [2.75, 3.05) is 12.0 Å². The second-order valence-corrected chi connectivity index (χ2v) is 8.83. The molecular formula is C25H27N3O3S. The maximum absolute atomic E-state index is 13.7. The molecule has 1 aliphatic carbocycles. The van der Waals surface area contributed by atoms with Crippen LogP contribution in [0.4, 0.5) is 5.69 Å². The van der Waals surface area contributed by atoms with E-state index < -0.39 is 6.04 Å². The fourth-order valence-electron chi connectivity index (χ4n) is 4.09. The lowest BCUT2D eigenvalue weighted by Gasteiger charge is -2.32. The molecule has 2 aromatic heterocycles. The predicted octanol–water partition coefficient (Wildman–Crippen LogP) is 4.99. The maximum atomic E-state index is 13.7. The van der Waals surface area contributed by atoms with E-state index >= 15 is 0 Å². The lowest BCUT2D eigenvalue weighted by molar-refractivity contribution is -0.123. The summed E-state index contributed by atoms with van der Waals surface area (Å²) in [5.74, 6) is 0.186. The third-order valence-corrected chi connectivity index (χ3v) is 6.65. The summed E-state index contributed by atoms with van der Waals surface area (Å²) in [5.41, 5.74) is 0.897. The van der Waals surface area contributed by atoms with Gasteiger partial charge in [-0.1, -0.05) is 31.4 Å². The number of nitrogens with one attached hydrogen (secondary N) is 1. The fraction of sp³-hybridized carbons (Fsp3) is 0.320. The molecule has 166 valence electrons. The molecule has 7 heteroatoms. The van der Waals surface area contributed by atoms with Crippen LogP contribution in [0, 0.1) is 0 Å². The van der Waals surface area contributed by atoms with Gasteiger partial charge in [-0.2, -0.15) is 0 Å². The van der Waals surface area contributed by atoms with Gasteiger partial charge < -0.3 is 10.1 Å². The van der Waals surface area contributed by atoms with Gasteiger partial charge in [0.2, 0.25) is 5.91 Å². The Morgan fingerprint density at radius 3 is 2.47 bits per heavy atom. The molecule has 0 saturated heterocycles. The third-order valence-electron chi connectivity index (χ3n) is 5.72. The van der Waals surface area contributed by atoms with Gasteiger partial charge in [0.15, 0.2) is 6.04 Å². The number of benzene rings is 1. The van der Waals surface area contributed by atoms with E-state index in [0.29, 0.717) is 11.4 Å². The standard InChI is InChI=1S/C25H27N3O3S/c1-31-20-14-12-19(13-15-20)28(25(30)21-10-5-6-16-26-21)23(22-11-7-17-32-22)24(29)27-18-8-3-2-4-9-18/h5-7,10-18,23H,2-4,8-9H2,1H3,(H,27,29). The van der Waals surface area contributed by atoms with Crippen LogP contribution in [0.2, 0.25) is 0 Å². The molecular weight excluding hydrogens is 422 g/mol. The number of nitrogens with zero attached hydrogens (tertiary/aromatic N) is 2. The largest absolute Gasteiger partial charge is 0.497 e. The normalized spacial score (nSPS) is 15.0. The summed E-state index contributed by atoms with van der Waals surface area (Å²) in [6.45, 7) is 0. The Morgan fingerprint density at radius 1 is 1.06 bits per heavy atom. The van der Waals surface area contributed by atoms with Crippen molar-refractivity contribution in [1.82, 2.24) is 10.3 Å². The highest BCUT2D eigenvalue weighted by Gasteiger charge is 2.35. The third kappa shape index (κ3) is 4.99. The van der Waals surface area contributed by atoms with Crippen molar-refractivity contribution in [3.05, 3.63) is 76.7 Å². The van der Waals surface area contributed by atoms with E-state index in [2.05, 4.69) is 10.3 Å². The summed E-state index contributed by atoms with van der Waals surface area (Å²) in [6, 6.07) is 15.5. The van der Waals surface area contributed by atoms with Crippen molar-refractivity contribution >= 4 is 28.8 Å². The van der Waals surface area contributed by atoms with Gasteiger partial charge >= 0.3 is 0 Å². The molecule has 1 saturated carbocycles. The molecule has 2 heterocycles. The number of carbonyl (C=O) groups excluding carboxylic acids is 2. The Kier molecular flexibility index (Phi) is 7.17. The molecule has 32 heavy (non-hydrogen) atoms. The number of ether oxygens (including phenoxy) is 1. The van der Waals surface area contributed by atoms with E-state index in [1.807, 2.05) is 17.5 Å². The quantitative estimate of drug-likeness (QED) is 0.552. The van der Waals surface area contributed by atoms with Gasteiger partial charge in [-0.15, -0.1) is 11.3 Å². The highest BCUT2D eigenvalue weighted by atomic mass is 32.1. The van der Waals surface area contributed by atoms with E-state index in [1.54, 1.807) is 60.7 Å². The predicted molar refractivity (Wildman–Crippen MR) is 126 cm³/mol. The van der Waals surface area contributed by atoms with Gasteiger partial charge in [0.05, 0.1) is 7.11 Å². The highest BCUT2D eigenvalue weighted by Crippen LogP contribution is 2.33. The van der Waals surface area contributed by atoms with Crippen LogP contribution >= 0.6 is 11.3 Å². The van der Waals surface area contributed by atoms with Crippen molar-refractivity contribution in [2.24, 2.45) is 0 Å². The summed E-state index contributed by atoms with van der Waals surface area (Å²) in [5, 5.41) is 5.14. The zero-order valence-corrected chi connectivity index (χ0v) is 18.9. The fourth-order valence-corrected chi connectivity index (χ4v) is 4.90. The van der Waals surface area contributed by atoms with Crippen molar-refractivity contribution in [1.29, 1.82) is 0 Å². The number of pyridine rings is 1. The number of hydrogen-bond acceptors (Lipinski definition) is 5. The van der Waals surface area contributed by atoms with E-state index in [1.165, 1.54) is 17.8 Å². The minimum atomic E-state index is -0.792. The molecule has 0 bridgehead atoms. The van der Waals surface area contributed by atoms with Crippen molar-refractivity contribution in [3.8, 4) is 5.75 Å². The van der Waals surface area contributed by atoms with E-state index in [9.17, 15) is 9.59 Å². The molecule has 2 amide bonds. The van der Waals surface area contributed by atoms with Crippen LogP contribution in [-0.4, -0.2) is 29.9 Å². The van der Waals surface area contributed by atoms with Crippen molar-refractivity contribution in [3.63, 3.8) is 0 Å². The minimum absolute atomic E-state index is 0.140. The average Bonchev–Trinajstić information content (AvgIpc) is 3.37. The molecule has 4 rings (SSSR count). The summed E-state index contributed by atoms with van der Waals surface area (Å²) in [4.78, 5) is 33.9. The number of amides is 2. The molecule has 1 aliphatic rings. The van der Waals surface area contributed by atoms with E-state index in [0.717, 1.165) is 30.6 Å². The summed E-state index contributed by atoms with van der Waals surface area (Å²) in [6.07, 6.45) is 6.96. The lowest BCUT2D eigenvalue weighted by Crippen LogP contribution is -2.47. The number of methoxy groups -OCH3 is 1. The van der Waals surface area contributed by atoms with E-state index in [4.69, 9.17) is 4.74 Å². The average molecular weight is 450 g/mol. The van der Waals surface area contributed by atoms with Gasteiger partial charge in [0.1, 0.15) is 11.4 Å². The van der Waals surface area contributed by atoms with Crippen LogP contribution in [0.15, 0.2) is 66.2 Å². The second-order valence-electron chi connectivity index (χ2n) is 7.85. The molecule has 1 aromatic carbocycles. The van der Waals surface area contributed by atoms with Crippen LogP contribution in [0.1, 0.15) is 53.5 Å². The van der Waals surface area contributed by atoms with E-state index in [-0.39, 0.29) is 23.6 Å². The number of thiophene rings is 1. The topological polar surface area (TPSA) is 71.5 Å². The molecule has 3 aromatic rings. The first-order valence-electron chi connectivity index (χ1n) is 10.9. The molecule has 6 nitrogen and oxygen atoms in total. The SMILES string of the molecule is COc1ccc(N(C(=O)c2ccccn2)C(C(=O)NC2CCCCC2)c2cccs2)cc1. The maximum Gasteiger partial charge on any atom is 0.277 e. The van der Waals surface area contributed by atoms with Gasteiger partial charge in [0.25, 0.3) is 5.91 Å². The number of carbonyl (C=O) groups is 2. The zero-order valence-electron chi connectivity index (χ0n) is 18.1. The Hall–Kier alpha value is -3.19. The van der Waals surface area contributed by atoms with Crippen LogP contribution in [0.3, 0.4) is 0 Å². The molecule has 1 unspecified atom stereocenters. The highest BCUT2D eigenvalue weighted by molar-refractivity contribution is 7.10. The van der Waals surface area contributed by atoms with Crippen molar-refractivity contribution in [2.45, 2.75) is 44.2 Å². The Balaban J connectivity index is 1.74. The molecule has 1 fully saturated rings. The first kappa shape index (κ1) is 22.0. The number of anilines is 1. The van der Waals surface area contributed by atoms with Crippen LogP contribution in [-0.2, 0) is 4.79 Å².